The Balaban J connectivity index is 1.93. The number of ether oxygens (including phenoxy) is 2. The van der Waals surface area contributed by atoms with Crippen molar-refractivity contribution in [1.29, 1.82) is 0 Å². The van der Waals surface area contributed by atoms with E-state index in [0.29, 0.717) is 0 Å². The third-order valence-electron chi connectivity index (χ3n) is 5.08. The largest absolute Gasteiger partial charge is 0.461 e. The van der Waals surface area contributed by atoms with Gasteiger partial charge in [-0.15, -0.1) is 0 Å². The molecule has 0 heterocycles. The Kier molecular flexibility index (Phi) is 7.92. The number of alkyl halides is 5. The van der Waals surface area contributed by atoms with Gasteiger partial charge in [0.05, 0.1) is 11.8 Å². The van der Waals surface area contributed by atoms with E-state index >= 15 is 0 Å². The number of benzene rings is 1. The zero-order chi connectivity index (χ0) is 24.3. The molecule has 1 fully saturated rings. The summed E-state index contributed by atoms with van der Waals surface area (Å²) in [7, 11) is -4.62. The molecule has 14 heteroatoms. The van der Waals surface area contributed by atoms with E-state index in [1.165, 1.54) is 0 Å². The Labute approximate surface area is 181 Å². The van der Waals surface area contributed by atoms with Crippen LogP contribution >= 0.6 is 0 Å². The lowest BCUT2D eigenvalue weighted by Gasteiger charge is -2.30. The lowest BCUT2D eigenvalue weighted by Crippen LogP contribution is -2.52. The summed E-state index contributed by atoms with van der Waals surface area (Å²) >= 11 is 0. The zero-order valence-corrected chi connectivity index (χ0v) is 17.6. The molecule has 1 aromatic rings. The van der Waals surface area contributed by atoms with E-state index in [4.69, 9.17) is 9.29 Å². The normalized spacial score (nSPS) is 20.9. The minimum Gasteiger partial charge on any atom is -0.461 e. The molecule has 0 amide bonds. The van der Waals surface area contributed by atoms with Gasteiger partial charge in [0.2, 0.25) is 0 Å². The monoisotopic (exact) mass is 486 g/mol. The van der Waals surface area contributed by atoms with Crippen LogP contribution in [0.4, 0.5) is 22.0 Å². The first-order valence-electron chi connectivity index (χ1n) is 9.47. The lowest BCUT2D eigenvalue weighted by atomic mass is 9.82. The minimum atomic E-state index is -6.50. The first-order valence-corrected chi connectivity index (χ1v) is 10.9. The van der Waals surface area contributed by atoms with Crippen molar-refractivity contribution >= 4 is 35.4 Å². The molecule has 0 aliphatic heterocycles. The maximum Gasteiger partial charge on any atom is 0.432 e. The molecule has 1 aromatic carbocycles. The number of esters is 2. The highest BCUT2D eigenvalue weighted by atomic mass is 32.2. The molecule has 0 saturated heterocycles. The smallest absolute Gasteiger partial charge is 0.432 e. The van der Waals surface area contributed by atoms with Crippen LogP contribution < -0.4 is 5.46 Å². The highest BCUT2D eigenvalue weighted by molar-refractivity contribution is 7.86. The second-order valence-corrected chi connectivity index (χ2v) is 9.03. The number of halogens is 5. The van der Waals surface area contributed by atoms with Crippen LogP contribution in [0, 0.1) is 11.8 Å². The first kappa shape index (κ1) is 26.0. The molecule has 7 nitrogen and oxygen atoms in total. The molecular formula is C18H20BF5O7S. The van der Waals surface area contributed by atoms with Crippen LogP contribution in [0.5, 0.6) is 0 Å². The number of hydrogen-bond donors (Lipinski definition) is 1. The zero-order valence-electron chi connectivity index (χ0n) is 16.8. The summed E-state index contributed by atoms with van der Waals surface area (Å²) in [5, 5.41) is -5.78. The van der Waals surface area contributed by atoms with Gasteiger partial charge in [-0.3, -0.25) is 14.1 Å². The highest BCUT2D eigenvalue weighted by Gasteiger charge is 2.66. The van der Waals surface area contributed by atoms with Gasteiger partial charge in [-0.1, -0.05) is 29.7 Å². The Hall–Kier alpha value is -2.22. The van der Waals surface area contributed by atoms with Crippen LogP contribution in [0.1, 0.15) is 31.2 Å². The van der Waals surface area contributed by atoms with Crippen LogP contribution in [-0.2, 0) is 35.8 Å². The Morgan fingerprint density at radius 1 is 1.00 bits per heavy atom. The fraction of sp³-hybridized carbons (Fsp3) is 0.556. The summed E-state index contributed by atoms with van der Waals surface area (Å²) in [4.78, 5) is 24.2. The van der Waals surface area contributed by atoms with Crippen LogP contribution in [0.2, 0.25) is 0 Å². The maximum atomic E-state index is 13.5. The van der Waals surface area contributed by atoms with E-state index in [9.17, 15) is 40.0 Å². The van der Waals surface area contributed by atoms with Gasteiger partial charge in [-0.2, -0.15) is 30.4 Å². The molecule has 1 unspecified atom stereocenters. The topological polar surface area (TPSA) is 107 Å². The number of hydrogen-bond acceptors (Lipinski definition) is 6. The van der Waals surface area contributed by atoms with Gasteiger partial charge in [0, 0.05) is 0 Å². The maximum absolute atomic E-state index is 13.5. The average molecular weight is 486 g/mol. The van der Waals surface area contributed by atoms with E-state index in [1.807, 2.05) is 20.0 Å². The number of carbonyl (C=O) groups excluding carboxylic acids is 2. The summed E-state index contributed by atoms with van der Waals surface area (Å²) in [5.41, 5.74) is 1.77. The predicted octanol–water partition coefficient (Wildman–Crippen LogP) is 1.75. The molecule has 1 atom stereocenters. The number of rotatable bonds is 7. The second kappa shape index (κ2) is 9.73. The van der Waals surface area contributed by atoms with Crippen molar-refractivity contribution in [3.05, 3.63) is 29.8 Å². The van der Waals surface area contributed by atoms with E-state index < -0.39 is 51.4 Å². The summed E-state index contributed by atoms with van der Waals surface area (Å²) in [6.45, 7) is 0.0130. The molecule has 178 valence electrons. The summed E-state index contributed by atoms with van der Waals surface area (Å²) in [6.07, 6.45) is -10.5. The van der Waals surface area contributed by atoms with Crippen LogP contribution in [0.25, 0.3) is 0 Å². The minimum absolute atomic E-state index is 0.0130. The average Bonchev–Trinajstić information content (AvgIpc) is 2.69. The fourth-order valence-electron chi connectivity index (χ4n) is 3.20. The van der Waals surface area contributed by atoms with Crippen molar-refractivity contribution < 1.29 is 54.0 Å². The Bertz CT molecular complexity index is 926. The van der Waals surface area contributed by atoms with Gasteiger partial charge in [-0.05, 0) is 31.2 Å². The van der Waals surface area contributed by atoms with E-state index in [-0.39, 0.29) is 32.3 Å². The SMILES string of the molecule is Bc1ccc(COC(=O)C2CCC(C(=O)OC(C(F)(F)F)C(F)(F)S(=O)(=O)O)CC2)cc1. The first-order chi connectivity index (χ1) is 14.6. The summed E-state index contributed by atoms with van der Waals surface area (Å²) in [6, 6.07) is 7.21. The quantitative estimate of drug-likeness (QED) is 0.271. The second-order valence-electron chi connectivity index (χ2n) is 7.54. The molecule has 32 heavy (non-hydrogen) atoms. The summed E-state index contributed by atoms with van der Waals surface area (Å²) < 4.78 is 104. The molecule has 1 saturated carbocycles. The van der Waals surface area contributed by atoms with E-state index in [0.717, 1.165) is 11.0 Å². The van der Waals surface area contributed by atoms with Crippen molar-refractivity contribution in [3.8, 4) is 0 Å². The summed E-state index contributed by atoms with van der Waals surface area (Å²) in [5.74, 6) is -4.15. The molecule has 0 bridgehead atoms. The van der Waals surface area contributed by atoms with Crippen LogP contribution in [0.15, 0.2) is 24.3 Å². The third-order valence-corrected chi connectivity index (χ3v) is 5.98. The van der Waals surface area contributed by atoms with Crippen molar-refractivity contribution in [3.63, 3.8) is 0 Å². The highest BCUT2D eigenvalue weighted by Crippen LogP contribution is 2.39. The molecule has 0 spiro atoms. The van der Waals surface area contributed by atoms with Gasteiger partial charge in [0.1, 0.15) is 14.5 Å². The van der Waals surface area contributed by atoms with Crippen LogP contribution in [0.3, 0.4) is 0 Å². The van der Waals surface area contributed by atoms with E-state index in [1.54, 1.807) is 12.1 Å². The van der Waals surface area contributed by atoms with E-state index in [2.05, 4.69) is 4.74 Å². The van der Waals surface area contributed by atoms with Gasteiger partial charge in [-0.25, -0.2) is 0 Å². The lowest BCUT2D eigenvalue weighted by molar-refractivity contribution is -0.261. The van der Waals surface area contributed by atoms with Gasteiger partial charge < -0.3 is 9.47 Å². The fourth-order valence-corrected chi connectivity index (χ4v) is 3.65. The molecule has 2 rings (SSSR count). The van der Waals surface area contributed by atoms with Crippen molar-refractivity contribution in [2.75, 3.05) is 0 Å². The Morgan fingerprint density at radius 2 is 1.47 bits per heavy atom. The van der Waals surface area contributed by atoms with Gasteiger partial charge in [0.25, 0.3) is 6.10 Å². The molecule has 1 aliphatic rings. The molecular weight excluding hydrogens is 466 g/mol. The van der Waals surface area contributed by atoms with Crippen LogP contribution in [-0.4, -0.2) is 50.3 Å². The molecule has 1 aliphatic carbocycles. The predicted molar refractivity (Wildman–Crippen MR) is 102 cm³/mol. The van der Waals surface area contributed by atoms with Gasteiger partial charge in [0.15, 0.2) is 0 Å². The Morgan fingerprint density at radius 3 is 1.91 bits per heavy atom. The molecule has 0 radical (unpaired) electrons. The van der Waals surface area contributed by atoms with Crippen molar-refractivity contribution in [2.24, 2.45) is 11.8 Å². The number of carbonyl (C=O) groups is 2. The standard InChI is InChI=1S/C18H20BF5O7S/c19-13-7-1-10(2-8-13)9-30-14(25)11-3-5-12(6-4-11)15(26)31-16(17(20,21)22)18(23,24)32(27,28)29/h1-2,7-8,11-12,16H,3-6,9,19H2,(H,27,28,29). The molecule has 1 N–H and O–H groups in total. The van der Waals surface area contributed by atoms with Gasteiger partial charge >= 0.3 is 33.5 Å². The van der Waals surface area contributed by atoms with Crippen molar-refractivity contribution in [1.82, 2.24) is 0 Å². The molecule has 0 aromatic heterocycles. The third kappa shape index (κ3) is 6.41. The van der Waals surface area contributed by atoms with Crippen molar-refractivity contribution in [2.45, 2.75) is 49.8 Å².